The second-order valence-electron chi connectivity index (χ2n) is 5.97. The first-order valence-electron chi connectivity index (χ1n) is 7.71. The van der Waals surface area contributed by atoms with Gasteiger partial charge in [0.05, 0.1) is 5.69 Å². The van der Waals surface area contributed by atoms with Gasteiger partial charge in [0.15, 0.2) is 5.13 Å². The number of benzene rings is 1. The minimum Gasteiger partial charge on any atom is -0.327 e. The Labute approximate surface area is 134 Å². The molecule has 0 spiro atoms. The van der Waals surface area contributed by atoms with Crippen molar-refractivity contribution in [1.29, 1.82) is 0 Å². The number of carbonyl (C=O) groups is 1. The van der Waals surface area contributed by atoms with Crippen molar-refractivity contribution < 1.29 is 4.79 Å². The molecule has 4 nitrogen and oxygen atoms in total. The zero-order valence-electron chi connectivity index (χ0n) is 12.7. The summed E-state index contributed by atoms with van der Waals surface area (Å²) in [6, 6.07) is 10.5. The molecule has 1 aliphatic carbocycles. The molecule has 0 fully saturated rings. The van der Waals surface area contributed by atoms with Gasteiger partial charge in [0, 0.05) is 17.3 Å². The Kier molecular flexibility index (Phi) is 4.55. The van der Waals surface area contributed by atoms with Crippen LogP contribution in [0.15, 0.2) is 30.3 Å². The molecular formula is C17H21N3OS. The molecule has 2 unspecified atom stereocenters. The summed E-state index contributed by atoms with van der Waals surface area (Å²) in [6.07, 6.45) is 3.44. The van der Waals surface area contributed by atoms with Crippen molar-refractivity contribution in [3.8, 4) is 0 Å². The van der Waals surface area contributed by atoms with Gasteiger partial charge >= 0.3 is 0 Å². The zero-order valence-corrected chi connectivity index (χ0v) is 13.5. The lowest BCUT2D eigenvalue weighted by atomic mass is 9.85. The van der Waals surface area contributed by atoms with Crippen LogP contribution in [0.3, 0.4) is 0 Å². The highest BCUT2D eigenvalue weighted by Gasteiger charge is 2.24. The second kappa shape index (κ2) is 6.58. The number of nitrogens with one attached hydrogen (secondary N) is 1. The molecule has 3 N–H and O–H groups in total. The van der Waals surface area contributed by atoms with E-state index in [1.165, 1.54) is 10.4 Å². The van der Waals surface area contributed by atoms with Crippen molar-refractivity contribution in [3.05, 3.63) is 46.5 Å². The fourth-order valence-corrected chi connectivity index (χ4v) is 4.01. The summed E-state index contributed by atoms with van der Waals surface area (Å²) >= 11 is 1.61. The van der Waals surface area contributed by atoms with E-state index < -0.39 is 0 Å². The van der Waals surface area contributed by atoms with Gasteiger partial charge in [-0.25, -0.2) is 4.98 Å². The first-order chi connectivity index (χ1) is 10.6. The summed E-state index contributed by atoms with van der Waals surface area (Å²) in [7, 11) is 0. The van der Waals surface area contributed by atoms with E-state index in [2.05, 4.69) is 40.6 Å². The van der Waals surface area contributed by atoms with Gasteiger partial charge in [-0.3, -0.25) is 4.79 Å². The summed E-state index contributed by atoms with van der Waals surface area (Å²) in [4.78, 5) is 17.7. The third-order valence-corrected chi connectivity index (χ3v) is 5.00. The largest absolute Gasteiger partial charge is 0.327 e. The van der Waals surface area contributed by atoms with Gasteiger partial charge < -0.3 is 11.1 Å². The fourth-order valence-electron chi connectivity index (χ4n) is 2.90. The molecule has 1 amide bonds. The summed E-state index contributed by atoms with van der Waals surface area (Å²) in [5.41, 5.74) is 8.19. The lowest BCUT2D eigenvalue weighted by Crippen LogP contribution is -2.23. The number of aryl methyl sites for hydroxylation is 1. The lowest BCUT2D eigenvalue weighted by molar-refractivity contribution is -0.116. The van der Waals surface area contributed by atoms with Crippen molar-refractivity contribution in [2.24, 2.45) is 5.73 Å². The Balaban J connectivity index is 1.69. The molecule has 0 radical (unpaired) electrons. The number of aromatic nitrogens is 1. The molecule has 2 aromatic rings. The Hall–Kier alpha value is -1.72. The number of hydrogen-bond acceptors (Lipinski definition) is 4. The van der Waals surface area contributed by atoms with Gasteiger partial charge in [-0.2, -0.15) is 0 Å². The van der Waals surface area contributed by atoms with Gasteiger partial charge in [0.25, 0.3) is 0 Å². The van der Waals surface area contributed by atoms with E-state index in [1.807, 2.05) is 6.92 Å². The Bertz CT molecular complexity index is 651. The molecule has 0 saturated carbocycles. The average Bonchev–Trinajstić information content (AvgIpc) is 2.88. The van der Waals surface area contributed by atoms with E-state index in [0.717, 1.165) is 25.0 Å². The first-order valence-corrected chi connectivity index (χ1v) is 8.52. The summed E-state index contributed by atoms with van der Waals surface area (Å²) < 4.78 is 0. The van der Waals surface area contributed by atoms with E-state index in [1.54, 1.807) is 11.3 Å². The number of amides is 1. The second-order valence-corrected chi connectivity index (χ2v) is 7.05. The highest BCUT2D eigenvalue weighted by atomic mass is 32.1. The van der Waals surface area contributed by atoms with Gasteiger partial charge in [-0.15, -0.1) is 11.3 Å². The number of hydrogen-bond donors (Lipinski definition) is 2. The van der Waals surface area contributed by atoms with Crippen LogP contribution in [0.4, 0.5) is 5.13 Å². The van der Waals surface area contributed by atoms with Crippen LogP contribution in [0.2, 0.25) is 0 Å². The van der Waals surface area contributed by atoms with Crippen LogP contribution in [0.5, 0.6) is 0 Å². The number of carbonyl (C=O) groups excluding carboxylic acids is 1. The SMILES string of the molecule is CC(N)CC(=O)Nc1nc2c(s1)CC(c1ccccc1)CC2. The lowest BCUT2D eigenvalue weighted by Gasteiger charge is -2.21. The normalized spacial score (nSPS) is 18.5. The predicted octanol–water partition coefficient (Wildman–Crippen LogP) is 3.09. The zero-order chi connectivity index (χ0) is 15.5. The molecule has 1 heterocycles. The van der Waals surface area contributed by atoms with Crippen LogP contribution < -0.4 is 11.1 Å². The van der Waals surface area contributed by atoms with Crippen LogP contribution >= 0.6 is 11.3 Å². The minimum atomic E-state index is -0.128. The number of thiazole rings is 1. The Morgan fingerprint density at radius 1 is 1.45 bits per heavy atom. The monoisotopic (exact) mass is 315 g/mol. The van der Waals surface area contributed by atoms with Crippen LogP contribution in [0.25, 0.3) is 0 Å². The van der Waals surface area contributed by atoms with Crippen molar-refractivity contribution >= 4 is 22.4 Å². The van der Waals surface area contributed by atoms with Crippen molar-refractivity contribution in [3.63, 3.8) is 0 Å². The van der Waals surface area contributed by atoms with Gasteiger partial charge in [0.1, 0.15) is 0 Å². The number of anilines is 1. The smallest absolute Gasteiger partial charge is 0.227 e. The van der Waals surface area contributed by atoms with Crippen LogP contribution in [0.1, 0.15) is 41.8 Å². The average molecular weight is 315 g/mol. The third kappa shape index (κ3) is 3.54. The summed E-state index contributed by atoms with van der Waals surface area (Å²) in [5, 5.41) is 3.59. The predicted molar refractivity (Wildman–Crippen MR) is 90.2 cm³/mol. The van der Waals surface area contributed by atoms with Gasteiger partial charge in [0.2, 0.25) is 5.91 Å². The van der Waals surface area contributed by atoms with E-state index >= 15 is 0 Å². The van der Waals surface area contributed by atoms with Crippen LogP contribution in [0, 0.1) is 0 Å². The first kappa shape index (κ1) is 15.2. The van der Waals surface area contributed by atoms with Crippen LogP contribution in [-0.2, 0) is 17.6 Å². The number of nitrogens with zero attached hydrogens (tertiary/aromatic N) is 1. The Morgan fingerprint density at radius 2 is 2.23 bits per heavy atom. The molecule has 0 bridgehead atoms. The minimum absolute atomic E-state index is 0.0549. The quantitative estimate of drug-likeness (QED) is 0.911. The third-order valence-electron chi connectivity index (χ3n) is 3.96. The molecular weight excluding hydrogens is 294 g/mol. The van der Waals surface area contributed by atoms with E-state index in [0.29, 0.717) is 17.5 Å². The molecule has 1 aliphatic rings. The maximum atomic E-state index is 11.8. The molecule has 5 heteroatoms. The number of rotatable bonds is 4. The number of fused-ring (bicyclic) bond motifs is 1. The highest BCUT2D eigenvalue weighted by molar-refractivity contribution is 7.15. The molecule has 0 saturated heterocycles. The molecule has 2 atom stereocenters. The Morgan fingerprint density at radius 3 is 2.95 bits per heavy atom. The van der Waals surface area contributed by atoms with Gasteiger partial charge in [-0.1, -0.05) is 30.3 Å². The fraction of sp³-hybridized carbons (Fsp3) is 0.412. The molecule has 1 aromatic carbocycles. The topological polar surface area (TPSA) is 68.0 Å². The molecule has 3 rings (SSSR count). The summed E-state index contributed by atoms with van der Waals surface area (Å²) in [5.74, 6) is 0.502. The van der Waals surface area contributed by atoms with Gasteiger partial charge in [-0.05, 0) is 37.7 Å². The van der Waals surface area contributed by atoms with E-state index in [4.69, 9.17) is 5.73 Å². The maximum absolute atomic E-state index is 11.8. The highest BCUT2D eigenvalue weighted by Crippen LogP contribution is 2.36. The van der Waals surface area contributed by atoms with E-state index in [-0.39, 0.29) is 11.9 Å². The van der Waals surface area contributed by atoms with Crippen molar-refractivity contribution in [2.45, 2.75) is 44.6 Å². The standard InChI is InChI=1S/C17H21N3OS/c1-11(18)9-16(21)20-17-19-14-8-7-13(10-15(14)22-17)12-5-3-2-4-6-12/h2-6,11,13H,7-10,18H2,1H3,(H,19,20,21). The van der Waals surface area contributed by atoms with Crippen molar-refractivity contribution in [1.82, 2.24) is 4.98 Å². The molecule has 116 valence electrons. The maximum Gasteiger partial charge on any atom is 0.227 e. The van der Waals surface area contributed by atoms with E-state index in [9.17, 15) is 4.79 Å². The summed E-state index contributed by atoms with van der Waals surface area (Å²) in [6.45, 7) is 1.83. The molecule has 0 aliphatic heterocycles. The molecule has 22 heavy (non-hydrogen) atoms. The number of nitrogens with two attached hydrogens (primary N) is 1. The molecule has 1 aromatic heterocycles. The van der Waals surface area contributed by atoms with Crippen LogP contribution in [-0.4, -0.2) is 16.9 Å². The van der Waals surface area contributed by atoms with Crippen molar-refractivity contribution in [2.75, 3.05) is 5.32 Å².